The number of esters is 1. The molecule has 5 heteroatoms. The summed E-state index contributed by atoms with van der Waals surface area (Å²) in [5.41, 5.74) is -0.0739. The topological polar surface area (TPSA) is 35.5 Å². The maximum Gasteiger partial charge on any atom is 0.343 e. The molecule has 0 amide bonds. The highest BCUT2D eigenvalue weighted by atomic mass is 19.2. The van der Waals surface area contributed by atoms with E-state index in [0.29, 0.717) is 12.4 Å². The zero-order valence-corrected chi connectivity index (χ0v) is 10.7. The van der Waals surface area contributed by atoms with E-state index in [1.807, 2.05) is 0 Å². The van der Waals surface area contributed by atoms with Crippen LogP contribution in [-0.2, 0) is 0 Å². The lowest BCUT2D eigenvalue weighted by atomic mass is 10.2. The van der Waals surface area contributed by atoms with Crippen LogP contribution in [0.4, 0.5) is 8.78 Å². The molecule has 0 aliphatic rings. The fourth-order valence-corrected chi connectivity index (χ4v) is 1.59. The molecule has 0 saturated heterocycles. The molecule has 0 aliphatic heterocycles. The molecule has 0 bridgehead atoms. The minimum Gasteiger partial charge on any atom is -0.490 e. The number of halogens is 2. The molecule has 0 heterocycles. The van der Waals surface area contributed by atoms with Crippen LogP contribution in [0.15, 0.2) is 42.5 Å². The molecule has 2 aromatic carbocycles. The first-order valence-electron chi connectivity index (χ1n) is 6.01. The highest BCUT2D eigenvalue weighted by Gasteiger charge is 2.14. The Labute approximate surface area is 114 Å². The summed E-state index contributed by atoms with van der Waals surface area (Å²) in [6, 6.07) is 9.45. The van der Waals surface area contributed by atoms with Gasteiger partial charge in [0.05, 0.1) is 12.2 Å². The summed E-state index contributed by atoms with van der Waals surface area (Å²) in [6.07, 6.45) is 0. The average molecular weight is 278 g/mol. The van der Waals surface area contributed by atoms with Crippen molar-refractivity contribution in [2.45, 2.75) is 6.92 Å². The first kappa shape index (κ1) is 14.0. The molecule has 0 N–H and O–H groups in total. The normalized spacial score (nSPS) is 10.2. The van der Waals surface area contributed by atoms with Crippen molar-refractivity contribution in [3.05, 3.63) is 59.7 Å². The Morgan fingerprint density at radius 2 is 1.75 bits per heavy atom. The first-order valence-corrected chi connectivity index (χ1v) is 6.01. The molecular formula is C15H12F2O3. The monoisotopic (exact) mass is 278 g/mol. The molecule has 3 nitrogen and oxygen atoms in total. The van der Waals surface area contributed by atoms with Crippen LogP contribution < -0.4 is 9.47 Å². The number of para-hydroxylation sites is 2. The van der Waals surface area contributed by atoms with E-state index in [2.05, 4.69) is 0 Å². The van der Waals surface area contributed by atoms with Gasteiger partial charge in [-0.05, 0) is 37.3 Å². The second-order valence-electron chi connectivity index (χ2n) is 3.90. The van der Waals surface area contributed by atoms with Gasteiger partial charge in [-0.2, -0.15) is 0 Å². The molecular weight excluding hydrogens is 266 g/mol. The van der Waals surface area contributed by atoms with Crippen molar-refractivity contribution in [1.29, 1.82) is 0 Å². The third kappa shape index (κ3) is 3.12. The van der Waals surface area contributed by atoms with E-state index >= 15 is 0 Å². The zero-order valence-electron chi connectivity index (χ0n) is 10.7. The molecule has 0 radical (unpaired) electrons. The van der Waals surface area contributed by atoms with Crippen molar-refractivity contribution in [2.24, 2.45) is 0 Å². The van der Waals surface area contributed by atoms with Gasteiger partial charge in [0, 0.05) is 0 Å². The van der Waals surface area contributed by atoms with E-state index < -0.39 is 17.6 Å². The van der Waals surface area contributed by atoms with E-state index in [-0.39, 0.29) is 11.3 Å². The zero-order chi connectivity index (χ0) is 14.5. The summed E-state index contributed by atoms with van der Waals surface area (Å²) in [4.78, 5) is 11.9. The van der Waals surface area contributed by atoms with Crippen molar-refractivity contribution in [3.8, 4) is 11.5 Å². The molecule has 0 fully saturated rings. The standard InChI is InChI=1S/C15H12F2O3/c1-2-19-13-5-3-4-6-14(13)20-15(18)10-7-8-11(16)12(17)9-10/h3-9H,2H2,1H3. The van der Waals surface area contributed by atoms with Gasteiger partial charge in [0.25, 0.3) is 0 Å². The van der Waals surface area contributed by atoms with Gasteiger partial charge in [0.15, 0.2) is 23.1 Å². The smallest absolute Gasteiger partial charge is 0.343 e. The Kier molecular flexibility index (Phi) is 4.30. The molecule has 0 atom stereocenters. The SMILES string of the molecule is CCOc1ccccc1OC(=O)c1ccc(F)c(F)c1. The van der Waals surface area contributed by atoms with Gasteiger partial charge >= 0.3 is 5.97 Å². The number of carbonyl (C=O) groups is 1. The number of carbonyl (C=O) groups excluding carboxylic acids is 1. The van der Waals surface area contributed by atoms with E-state index in [0.717, 1.165) is 18.2 Å². The van der Waals surface area contributed by atoms with E-state index in [4.69, 9.17) is 9.47 Å². The Morgan fingerprint density at radius 3 is 2.40 bits per heavy atom. The fraction of sp³-hybridized carbons (Fsp3) is 0.133. The van der Waals surface area contributed by atoms with Crippen LogP contribution in [0.5, 0.6) is 11.5 Å². The Balaban J connectivity index is 2.21. The summed E-state index contributed by atoms with van der Waals surface area (Å²) in [5, 5.41) is 0. The largest absolute Gasteiger partial charge is 0.490 e. The summed E-state index contributed by atoms with van der Waals surface area (Å²) >= 11 is 0. The van der Waals surface area contributed by atoms with Gasteiger partial charge < -0.3 is 9.47 Å². The van der Waals surface area contributed by atoms with Crippen LogP contribution >= 0.6 is 0 Å². The van der Waals surface area contributed by atoms with Crippen molar-refractivity contribution in [1.82, 2.24) is 0 Å². The number of hydrogen-bond donors (Lipinski definition) is 0. The van der Waals surface area contributed by atoms with Crippen LogP contribution in [-0.4, -0.2) is 12.6 Å². The lowest BCUT2D eigenvalue weighted by Gasteiger charge is -2.10. The van der Waals surface area contributed by atoms with Crippen LogP contribution in [0.3, 0.4) is 0 Å². The molecule has 0 saturated carbocycles. The maximum absolute atomic E-state index is 13.1. The van der Waals surface area contributed by atoms with Crippen molar-refractivity contribution in [3.63, 3.8) is 0 Å². The Bertz CT molecular complexity index is 626. The van der Waals surface area contributed by atoms with Gasteiger partial charge in [-0.1, -0.05) is 12.1 Å². The third-order valence-corrected chi connectivity index (χ3v) is 2.51. The van der Waals surface area contributed by atoms with Gasteiger partial charge in [-0.3, -0.25) is 0 Å². The quantitative estimate of drug-likeness (QED) is 0.633. The van der Waals surface area contributed by atoms with Crippen LogP contribution in [0.2, 0.25) is 0 Å². The van der Waals surface area contributed by atoms with Gasteiger partial charge in [-0.25, -0.2) is 13.6 Å². The van der Waals surface area contributed by atoms with Crippen LogP contribution in [0.25, 0.3) is 0 Å². The number of hydrogen-bond acceptors (Lipinski definition) is 3. The van der Waals surface area contributed by atoms with Crippen LogP contribution in [0, 0.1) is 11.6 Å². The number of benzene rings is 2. The highest BCUT2D eigenvalue weighted by molar-refractivity contribution is 5.91. The van der Waals surface area contributed by atoms with Crippen molar-refractivity contribution >= 4 is 5.97 Å². The van der Waals surface area contributed by atoms with Crippen molar-refractivity contribution in [2.75, 3.05) is 6.61 Å². The molecule has 0 aromatic heterocycles. The molecule has 0 spiro atoms. The minimum absolute atomic E-state index is 0.0739. The summed E-state index contributed by atoms with van der Waals surface area (Å²) in [6.45, 7) is 2.22. The molecule has 104 valence electrons. The molecule has 2 aromatic rings. The third-order valence-electron chi connectivity index (χ3n) is 2.51. The lowest BCUT2D eigenvalue weighted by Crippen LogP contribution is -2.10. The van der Waals surface area contributed by atoms with E-state index in [1.54, 1.807) is 31.2 Å². The van der Waals surface area contributed by atoms with Crippen molar-refractivity contribution < 1.29 is 23.0 Å². The Morgan fingerprint density at radius 1 is 1.05 bits per heavy atom. The summed E-state index contributed by atoms with van der Waals surface area (Å²) < 4.78 is 36.3. The molecule has 0 unspecified atom stereocenters. The second kappa shape index (κ2) is 6.14. The number of rotatable bonds is 4. The summed E-state index contributed by atoms with van der Waals surface area (Å²) in [7, 11) is 0. The van der Waals surface area contributed by atoms with Gasteiger partial charge in [0.2, 0.25) is 0 Å². The minimum atomic E-state index is -1.10. The van der Waals surface area contributed by atoms with Gasteiger partial charge in [0.1, 0.15) is 0 Å². The molecule has 0 aliphatic carbocycles. The molecule has 2 rings (SSSR count). The predicted octanol–water partition coefficient (Wildman–Crippen LogP) is 3.58. The maximum atomic E-state index is 13.1. The predicted molar refractivity (Wildman–Crippen MR) is 68.9 cm³/mol. The van der Waals surface area contributed by atoms with Gasteiger partial charge in [-0.15, -0.1) is 0 Å². The average Bonchev–Trinajstić information content (AvgIpc) is 2.44. The Hall–Kier alpha value is -2.43. The first-order chi connectivity index (χ1) is 9.61. The van der Waals surface area contributed by atoms with Crippen LogP contribution in [0.1, 0.15) is 17.3 Å². The number of ether oxygens (including phenoxy) is 2. The van der Waals surface area contributed by atoms with E-state index in [9.17, 15) is 13.6 Å². The highest BCUT2D eigenvalue weighted by Crippen LogP contribution is 2.27. The van der Waals surface area contributed by atoms with E-state index in [1.165, 1.54) is 0 Å². The summed E-state index contributed by atoms with van der Waals surface area (Å²) in [5.74, 6) is -2.26. The second-order valence-corrected chi connectivity index (χ2v) is 3.90. The molecule has 20 heavy (non-hydrogen) atoms. The lowest BCUT2D eigenvalue weighted by molar-refractivity contribution is 0.0728. The fourth-order valence-electron chi connectivity index (χ4n) is 1.59.